The quantitative estimate of drug-likeness (QED) is 0.506. The molecule has 27 heavy (non-hydrogen) atoms. The molecule has 3 rings (SSSR count). The number of halogens is 1. The molecule has 0 aliphatic heterocycles. The van der Waals surface area contributed by atoms with Gasteiger partial charge in [0.05, 0.1) is 5.71 Å². The summed E-state index contributed by atoms with van der Waals surface area (Å²) in [5.41, 5.74) is 4.41. The summed E-state index contributed by atoms with van der Waals surface area (Å²) in [6.45, 7) is 3.41. The number of hydrogen-bond acceptors (Lipinski definition) is 4. The average molecular weight is 383 g/mol. The Morgan fingerprint density at radius 2 is 1.96 bits per heavy atom. The number of aromatic hydroxyl groups is 1. The Hall–Kier alpha value is -3.05. The van der Waals surface area contributed by atoms with Crippen LogP contribution in [0.3, 0.4) is 0 Å². The largest absolute Gasteiger partial charge is 0.507 e. The Morgan fingerprint density at radius 1 is 1.19 bits per heavy atom. The number of benzene rings is 3. The van der Waals surface area contributed by atoms with Crippen molar-refractivity contribution in [2.75, 3.05) is 6.61 Å². The van der Waals surface area contributed by atoms with Crippen molar-refractivity contribution in [1.82, 2.24) is 5.43 Å². The minimum absolute atomic E-state index is 0.133. The van der Waals surface area contributed by atoms with Crippen LogP contribution < -0.4 is 10.2 Å². The lowest BCUT2D eigenvalue weighted by Gasteiger charge is -2.09. The van der Waals surface area contributed by atoms with Gasteiger partial charge >= 0.3 is 0 Å². The Bertz CT molecular complexity index is 1030. The lowest BCUT2D eigenvalue weighted by molar-refractivity contribution is -0.123. The first-order chi connectivity index (χ1) is 13.0. The number of hydrazone groups is 1. The summed E-state index contributed by atoms with van der Waals surface area (Å²) < 4.78 is 5.41. The smallest absolute Gasteiger partial charge is 0.277 e. The molecule has 0 saturated carbocycles. The zero-order valence-electron chi connectivity index (χ0n) is 15.0. The van der Waals surface area contributed by atoms with Gasteiger partial charge in [0.15, 0.2) is 6.61 Å². The number of phenols is 1. The maximum Gasteiger partial charge on any atom is 0.277 e. The van der Waals surface area contributed by atoms with Crippen molar-refractivity contribution in [3.05, 3.63) is 70.7 Å². The number of hydrogen-bond donors (Lipinski definition) is 2. The van der Waals surface area contributed by atoms with Gasteiger partial charge in [-0.25, -0.2) is 5.43 Å². The molecule has 5 nitrogen and oxygen atoms in total. The number of phenolic OH excluding ortho intramolecular Hbond substituents is 1. The number of nitrogens with one attached hydrogen (secondary N) is 1. The second-order valence-corrected chi connectivity index (χ2v) is 6.52. The van der Waals surface area contributed by atoms with Crippen molar-refractivity contribution in [3.8, 4) is 11.5 Å². The van der Waals surface area contributed by atoms with Gasteiger partial charge in [0.1, 0.15) is 11.5 Å². The van der Waals surface area contributed by atoms with E-state index in [2.05, 4.69) is 10.5 Å². The monoisotopic (exact) mass is 382 g/mol. The number of rotatable bonds is 5. The molecule has 6 heteroatoms. The molecule has 0 aromatic heterocycles. The van der Waals surface area contributed by atoms with Crippen LogP contribution in [0.5, 0.6) is 11.5 Å². The number of carbonyl (C=O) groups is 1. The van der Waals surface area contributed by atoms with E-state index in [9.17, 15) is 9.90 Å². The van der Waals surface area contributed by atoms with Crippen molar-refractivity contribution < 1.29 is 14.6 Å². The summed E-state index contributed by atoms with van der Waals surface area (Å²) in [5.74, 6) is 0.231. The van der Waals surface area contributed by atoms with Crippen molar-refractivity contribution in [3.63, 3.8) is 0 Å². The van der Waals surface area contributed by atoms with E-state index < -0.39 is 5.91 Å². The van der Waals surface area contributed by atoms with Crippen LogP contribution in [-0.4, -0.2) is 23.3 Å². The van der Waals surface area contributed by atoms with E-state index in [0.717, 1.165) is 16.3 Å². The first kappa shape index (κ1) is 18.7. The molecule has 0 spiro atoms. The standard InChI is InChI=1S/C21H19ClN2O3/c1-13-7-9-16(11-19(13)22)27-12-20(25)24-23-14(2)17-10-8-15-5-3-4-6-18(15)21(17)26/h3-11,26H,12H2,1-2H3,(H,24,25)/b23-14-. The molecular weight excluding hydrogens is 364 g/mol. The molecule has 2 N–H and O–H groups in total. The normalized spacial score (nSPS) is 11.4. The predicted octanol–water partition coefficient (Wildman–Crippen LogP) is 4.43. The molecule has 0 unspecified atom stereocenters. The van der Waals surface area contributed by atoms with Crippen LogP contribution in [0.15, 0.2) is 59.7 Å². The summed E-state index contributed by atoms with van der Waals surface area (Å²) in [6.07, 6.45) is 0. The summed E-state index contributed by atoms with van der Waals surface area (Å²) in [4.78, 5) is 12.0. The van der Waals surface area contributed by atoms with Crippen LogP contribution in [0.25, 0.3) is 10.8 Å². The van der Waals surface area contributed by atoms with Gasteiger partial charge in [-0.3, -0.25) is 4.79 Å². The Balaban J connectivity index is 1.65. The van der Waals surface area contributed by atoms with Gasteiger partial charge in [-0.15, -0.1) is 0 Å². The molecule has 0 radical (unpaired) electrons. The van der Waals surface area contributed by atoms with Crippen molar-refractivity contribution >= 4 is 34.0 Å². The van der Waals surface area contributed by atoms with E-state index in [1.165, 1.54) is 0 Å². The summed E-state index contributed by atoms with van der Waals surface area (Å²) in [5, 5.41) is 16.8. The first-order valence-corrected chi connectivity index (χ1v) is 8.76. The highest BCUT2D eigenvalue weighted by molar-refractivity contribution is 6.31. The third-order valence-corrected chi connectivity index (χ3v) is 4.56. The maximum absolute atomic E-state index is 12.0. The second-order valence-electron chi connectivity index (χ2n) is 6.11. The van der Waals surface area contributed by atoms with E-state index in [1.807, 2.05) is 43.3 Å². The van der Waals surface area contributed by atoms with Crippen LogP contribution in [0.2, 0.25) is 5.02 Å². The molecule has 0 atom stereocenters. The molecule has 0 aliphatic carbocycles. The van der Waals surface area contributed by atoms with Crippen LogP contribution in [0.4, 0.5) is 0 Å². The molecule has 0 saturated heterocycles. The number of ether oxygens (including phenoxy) is 1. The zero-order valence-corrected chi connectivity index (χ0v) is 15.7. The maximum atomic E-state index is 12.0. The fourth-order valence-electron chi connectivity index (χ4n) is 2.60. The highest BCUT2D eigenvalue weighted by Crippen LogP contribution is 2.28. The lowest BCUT2D eigenvalue weighted by Crippen LogP contribution is -2.25. The van der Waals surface area contributed by atoms with Crippen LogP contribution >= 0.6 is 11.6 Å². The van der Waals surface area contributed by atoms with Gasteiger partial charge in [-0.1, -0.05) is 48.0 Å². The Labute approximate surface area is 162 Å². The van der Waals surface area contributed by atoms with Gasteiger partial charge in [0.2, 0.25) is 0 Å². The van der Waals surface area contributed by atoms with Gasteiger partial charge in [0, 0.05) is 16.0 Å². The topological polar surface area (TPSA) is 70.9 Å². The van der Waals surface area contributed by atoms with E-state index in [1.54, 1.807) is 25.1 Å². The van der Waals surface area contributed by atoms with E-state index in [4.69, 9.17) is 16.3 Å². The van der Waals surface area contributed by atoms with Crippen molar-refractivity contribution in [2.24, 2.45) is 5.10 Å². The predicted molar refractivity (Wildman–Crippen MR) is 108 cm³/mol. The number of aryl methyl sites for hydroxylation is 1. The van der Waals surface area contributed by atoms with Gasteiger partial charge in [-0.2, -0.15) is 5.10 Å². The molecule has 1 amide bonds. The summed E-state index contributed by atoms with van der Waals surface area (Å²) in [7, 11) is 0. The van der Waals surface area contributed by atoms with Crippen LogP contribution in [0, 0.1) is 6.92 Å². The highest BCUT2D eigenvalue weighted by Gasteiger charge is 2.10. The Kier molecular flexibility index (Phi) is 5.62. The molecule has 0 heterocycles. The van der Waals surface area contributed by atoms with E-state index >= 15 is 0 Å². The summed E-state index contributed by atoms with van der Waals surface area (Å²) >= 11 is 6.03. The number of carbonyl (C=O) groups excluding carboxylic acids is 1. The average Bonchev–Trinajstić information content (AvgIpc) is 2.67. The Morgan fingerprint density at radius 3 is 2.74 bits per heavy atom. The minimum Gasteiger partial charge on any atom is -0.507 e. The fraction of sp³-hybridized carbons (Fsp3) is 0.143. The van der Waals surface area contributed by atoms with Gasteiger partial charge in [-0.05, 0) is 43.0 Å². The molecule has 138 valence electrons. The molecule has 3 aromatic rings. The molecule has 0 aliphatic rings. The van der Waals surface area contributed by atoms with Crippen LogP contribution in [0.1, 0.15) is 18.1 Å². The van der Waals surface area contributed by atoms with Crippen LogP contribution in [-0.2, 0) is 4.79 Å². The SMILES string of the molecule is C/C(=N/NC(=O)COc1ccc(C)c(Cl)c1)c1ccc2ccccc2c1O. The third-order valence-electron chi connectivity index (χ3n) is 4.15. The second kappa shape index (κ2) is 8.10. The molecule has 3 aromatic carbocycles. The first-order valence-electron chi connectivity index (χ1n) is 8.39. The lowest BCUT2D eigenvalue weighted by atomic mass is 10.0. The minimum atomic E-state index is -0.411. The zero-order chi connectivity index (χ0) is 19.4. The number of amides is 1. The molecule has 0 bridgehead atoms. The van der Waals surface area contributed by atoms with E-state index in [0.29, 0.717) is 22.0 Å². The fourth-order valence-corrected chi connectivity index (χ4v) is 2.77. The van der Waals surface area contributed by atoms with Gasteiger partial charge in [0.25, 0.3) is 5.91 Å². The summed E-state index contributed by atoms with van der Waals surface area (Å²) in [6, 6.07) is 16.4. The van der Waals surface area contributed by atoms with Gasteiger partial charge < -0.3 is 9.84 Å². The highest BCUT2D eigenvalue weighted by atomic mass is 35.5. The van der Waals surface area contributed by atoms with Crippen molar-refractivity contribution in [2.45, 2.75) is 13.8 Å². The number of fused-ring (bicyclic) bond motifs is 1. The molecular formula is C21H19ClN2O3. The van der Waals surface area contributed by atoms with Crippen molar-refractivity contribution in [1.29, 1.82) is 0 Å². The third kappa shape index (κ3) is 4.38. The molecule has 0 fully saturated rings. The number of nitrogens with zero attached hydrogens (tertiary/aromatic N) is 1. The van der Waals surface area contributed by atoms with E-state index in [-0.39, 0.29) is 12.4 Å².